The van der Waals surface area contributed by atoms with Crippen molar-refractivity contribution in [2.45, 2.75) is 12.8 Å². The van der Waals surface area contributed by atoms with Gasteiger partial charge in [0.05, 0.1) is 23.7 Å². The molecule has 0 N–H and O–H groups in total. The molecule has 0 aromatic carbocycles. The van der Waals surface area contributed by atoms with Crippen molar-refractivity contribution in [1.82, 2.24) is 0 Å². The first kappa shape index (κ1) is 12.5. The number of rotatable bonds is 5. The highest BCUT2D eigenvalue weighted by molar-refractivity contribution is 7.50. The predicted molar refractivity (Wildman–Crippen MR) is 33.5 cm³/mol. The third-order valence-corrected chi connectivity index (χ3v) is 2.41. The zero-order valence-electron chi connectivity index (χ0n) is 5.12. The van der Waals surface area contributed by atoms with Gasteiger partial charge < -0.3 is 0 Å². The molecule has 10 heteroatoms. The van der Waals surface area contributed by atoms with E-state index in [0.717, 1.165) is 0 Å². The van der Waals surface area contributed by atoms with E-state index in [1.807, 2.05) is 0 Å². The summed E-state index contributed by atoms with van der Waals surface area (Å²) < 4.78 is 55.6. The van der Waals surface area contributed by atoms with Crippen molar-refractivity contribution in [3.63, 3.8) is 0 Å². The lowest BCUT2D eigenvalue weighted by Crippen LogP contribution is -2.14. The fourth-order valence-electron chi connectivity index (χ4n) is 0.213. The molecule has 0 aliphatic carbocycles. The van der Waals surface area contributed by atoms with Gasteiger partial charge in [-0.25, -0.2) is 22.3 Å². The molecular formula is C2H2Cl2F3O4P. The van der Waals surface area contributed by atoms with Crippen LogP contribution in [0.5, 0.6) is 0 Å². The van der Waals surface area contributed by atoms with Crippen LogP contribution < -0.4 is 0 Å². The average molecular weight is 249 g/mol. The molecule has 1 unspecified atom stereocenters. The molecule has 0 heterocycles. The van der Waals surface area contributed by atoms with Crippen LogP contribution in [0.4, 0.5) is 13.2 Å². The Morgan fingerprint density at radius 3 is 1.83 bits per heavy atom. The summed E-state index contributed by atoms with van der Waals surface area (Å²) in [6.07, 6.45) is -6.65. The first-order valence-electron chi connectivity index (χ1n) is 2.26. The Bertz CT molecular complexity index is 172. The Labute approximate surface area is 75.4 Å². The highest BCUT2D eigenvalue weighted by atomic mass is 35.5. The molecule has 1 atom stereocenters. The quantitative estimate of drug-likeness (QED) is 0.702. The summed E-state index contributed by atoms with van der Waals surface area (Å²) in [5.41, 5.74) is 0. The number of halogens is 5. The molecule has 0 spiro atoms. The molecule has 0 aromatic rings. The normalized spacial score (nSPS) is 15.2. The van der Waals surface area contributed by atoms with Gasteiger partial charge in [-0.15, -0.1) is 0 Å². The Kier molecular flexibility index (Phi) is 5.47. The monoisotopic (exact) mass is 248 g/mol. The second kappa shape index (κ2) is 5.26. The van der Waals surface area contributed by atoms with E-state index in [9.17, 15) is 17.7 Å². The zero-order chi connectivity index (χ0) is 9.78. The van der Waals surface area contributed by atoms with Gasteiger partial charge in [-0.1, -0.05) is 0 Å². The smallest absolute Gasteiger partial charge is 0.243 e. The molecule has 0 aromatic heterocycles. The van der Waals surface area contributed by atoms with Crippen LogP contribution in [0.2, 0.25) is 0 Å². The average Bonchev–Trinajstić information content (AvgIpc) is 2.04. The fourth-order valence-corrected chi connectivity index (χ4v) is 1.09. The van der Waals surface area contributed by atoms with Crippen LogP contribution >= 0.6 is 31.6 Å². The van der Waals surface area contributed by atoms with Crippen molar-refractivity contribution in [2.24, 2.45) is 0 Å². The van der Waals surface area contributed by atoms with Gasteiger partial charge in [0, 0.05) is 0 Å². The van der Waals surface area contributed by atoms with Gasteiger partial charge >= 0.3 is 7.82 Å². The van der Waals surface area contributed by atoms with Gasteiger partial charge in [0.2, 0.25) is 0 Å². The second-order valence-corrected chi connectivity index (χ2v) is 3.59. The highest BCUT2D eigenvalue weighted by Gasteiger charge is 2.35. The second-order valence-electron chi connectivity index (χ2n) is 1.38. The zero-order valence-corrected chi connectivity index (χ0v) is 7.53. The van der Waals surface area contributed by atoms with E-state index in [2.05, 4.69) is 36.4 Å². The van der Waals surface area contributed by atoms with Gasteiger partial charge in [0.25, 0.3) is 12.8 Å². The topological polar surface area (TPSA) is 44.8 Å². The molecule has 0 saturated carbocycles. The van der Waals surface area contributed by atoms with Crippen LogP contribution in [0, 0.1) is 0 Å². The molecule has 0 rings (SSSR count). The Morgan fingerprint density at radius 2 is 1.58 bits per heavy atom. The summed E-state index contributed by atoms with van der Waals surface area (Å²) >= 11 is 8.90. The van der Waals surface area contributed by atoms with Crippen LogP contribution in [0.3, 0.4) is 0 Å². The molecule has 0 aliphatic rings. The van der Waals surface area contributed by atoms with Crippen molar-refractivity contribution >= 4 is 31.6 Å². The molecule has 0 bridgehead atoms. The van der Waals surface area contributed by atoms with Crippen molar-refractivity contribution in [1.29, 1.82) is 0 Å². The first-order valence-corrected chi connectivity index (χ1v) is 4.34. The lowest BCUT2D eigenvalue weighted by atomic mass is 10.7. The number of hydrogen-bond acceptors (Lipinski definition) is 4. The van der Waals surface area contributed by atoms with Crippen molar-refractivity contribution < 1.29 is 30.4 Å². The summed E-state index contributed by atoms with van der Waals surface area (Å²) in [5, 5.41) is 0. The van der Waals surface area contributed by atoms with Crippen LogP contribution in [-0.2, 0) is 17.2 Å². The van der Waals surface area contributed by atoms with Gasteiger partial charge in [-0.2, -0.15) is 8.15 Å². The molecule has 0 aliphatic heterocycles. The van der Waals surface area contributed by atoms with E-state index in [-0.39, 0.29) is 0 Å². The van der Waals surface area contributed by atoms with Crippen molar-refractivity contribution in [3.8, 4) is 0 Å². The standard InChI is InChI=1S/C2H2Cl2F3O4P/c3-10-12(8,11-4)9-2(7)1(5)6/h1-2H. The number of phosphoric acid groups is 1. The Morgan fingerprint density at radius 1 is 1.17 bits per heavy atom. The van der Waals surface area contributed by atoms with Crippen LogP contribution in [0.15, 0.2) is 0 Å². The van der Waals surface area contributed by atoms with Gasteiger partial charge in [0.15, 0.2) is 0 Å². The number of hydrogen-bond donors (Lipinski definition) is 0. The van der Waals surface area contributed by atoms with E-state index < -0.39 is 20.6 Å². The molecule has 0 amide bonds. The van der Waals surface area contributed by atoms with E-state index in [1.165, 1.54) is 0 Å². The van der Waals surface area contributed by atoms with E-state index in [4.69, 9.17) is 0 Å². The highest BCUT2D eigenvalue weighted by Crippen LogP contribution is 2.53. The summed E-state index contributed by atoms with van der Waals surface area (Å²) in [6.45, 7) is 0. The maximum absolute atomic E-state index is 12.0. The minimum atomic E-state index is -4.62. The largest absolute Gasteiger partial charge is 0.510 e. The predicted octanol–water partition coefficient (Wildman–Crippen LogP) is 3.01. The number of alkyl halides is 3. The van der Waals surface area contributed by atoms with Crippen LogP contribution in [0.1, 0.15) is 0 Å². The third-order valence-electron chi connectivity index (χ3n) is 0.597. The maximum atomic E-state index is 12.0. The van der Waals surface area contributed by atoms with Gasteiger partial charge in [0.1, 0.15) is 0 Å². The molecule has 12 heavy (non-hydrogen) atoms. The van der Waals surface area contributed by atoms with Crippen molar-refractivity contribution in [3.05, 3.63) is 0 Å². The first-order chi connectivity index (χ1) is 5.45. The van der Waals surface area contributed by atoms with Gasteiger partial charge in [-0.3, -0.25) is 0 Å². The van der Waals surface area contributed by atoms with E-state index in [0.29, 0.717) is 0 Å². The molecule has 74 valence electrons. The minimum absolute atomic E-state index is 3.15. The van der Waals surface area contributed by atoms with Crippen molar-refractivity contribution in [2.75, 3.05) is 0 Å². The summed E-state index contributed by atoms with van der Waals surface area (Å²) in [5.74, 6) is 0. The fraction of sp³-hybridized carbons (Fsp3) is 1.00. The van der Waals surface area contributed by atoms with E-state index in [1.54, 1.807) is 0 Å². The Hall–Kier alpha value is 0.480. The Balaban J connectivity index is 4.12. The molecule has 0 fully saturated rings. The third kappa shape index (κ3) is 3.93. The molecule has 4 nitrogen and oxygen atoms in total. The molecular weight excluding hydrogens is 247 g/mol. The molecule has 0 radical (unpaired) electrons. The lowest BCUT2D eigenvalue weighted by Gasteiger charge is -2.11. The maximum Gasteiger partial charge on any atom is 0.510 e. The molecule has 0 saturated heterocycles. The SMILES string of the molecule is O=P(OCl)(OCl)OC(F)C(F)F. The summed E-state index contributed by atoms with van der Waals surface area (Å²) in [4.78, 5) is 0. The van der Waals surface area contributed by atoms with Gasteiger partial charge in [-0.05, 0) is 0 Å². The van der Waals surface area contributed by atoms with Crippen LogP contribution in [-0.4, -0.2) is 12.8 Å². The van der Waals surface area contributed by atoms with E-state index >= 15 is 0 Å². The minimum Gasteiger partial charge on any atom is -0.243 e. The lowest BCUT2D eigenvalue weighted by molar-refractivity contribution is -0.0766. The van der Waals surface area contributed by atoms with Crippen LogP contribution in [0.25, 0.3) is 0 Å². The summed E-state index contributed by atoms with van der Waals surface area (Å²) in [7, 11) is -4.62. The summed E-state index contributed by atoms with van der Waals surface area (Å²) in [6, 6.07) is 0.